The van der Waals surface area contributed by atoms with Crippen LogP contribution < -0.4 is 10.0 Å². The summed E-state index contributed by atoms with van der Waals surface area (Å²) in [6.45, 7) is 2.51. The number of hydrogen-bond acceptors (Lipinski definition) is 6. The summed E-state index contributed by atoms with van der Waals surface area (Å²) in [7, 11) is -2.61. The van der Waals surface area contributed by atoms with E-state index >= 15 is 0 Å². The van der Waals surface area contributed by atoms with Crippen LogP contribution in [0.5, 0.6) is 0 Å². The first-order valence-electron chi connectivity index (χ1n) is 6.44. The SMILES string of the molecule is COC(=O)c1ccccc1S(=O)(=O)NCCNCC(C)O. The number of esters is 1. The molecule has 8 heteroatoms. The van der Waals surface area contributed by atoms with Crippen LogP contribution in [0.2, 0.25) is 0 Å². The van der Waals surface area contributed by atoms with Crippen LogP contribution >= 0.6 is 0 Å². The van der Waals surface area contributed by atoms with Crippen molar-refractivity contribution in [2.75, 3.05) is 26.7 Å². The van der Waals surface area contributed by atoms with Crippen LogP contribution in [0.3, 0.4) is 0 Å². The number of methoxy groups -OCH3 is 1. The molecule has 0 fully saturated rings. The third kappa shape index (κ3) is 5.43. The molecule has 1 unspecified atom stereocenters. The van der Waals surface area contributed by atoms with E-state index in [2.05, 4.69) is 14.8 Å². The minimum Gasteiger partial charge on any atom is -0.465 e. The van der Waals surface area contributed by atoms with E-state index in [0.29, 0.717) is 13.1 Å². The van der Waals surface area contributed by atoms with Crippen LogP contribution in [0, 0.1) is 0 Å². The van der Waals surface area contributed by atoms with E-state index in [1.807, 2.05) is 0 Å². The molecule has 1 aromatic carbocycles. The number of nitrogens with one attached hydrogen (secondary N) is 2. The van der Waals surface area contributed by atoms with Gasteiger partial charge in [-0.3, -0.25) is 0 Å². The fourth-order valence-electron chi connectivity index (χ4n) is 1.64. The van der Waals surface area contributed by atoms with Gasteiger partial charge < -0.3 is 15.2 Å². The van der Waals surface area contributed by atoms with Crippen molar-refractivity contribution < 1.29 is 23.1 Å². The minimum absolute atomic E-state index is 0.00978. The van der Waals surface area contributed by atoms with E-state index in [9.17, 15) is 13.2 Å². The number of sulfonamides is 1. The first kappa shape index (κ1) is 17.6. The molecule has 0 radical (unpaired) electrons. The Morgan fingerprint density at radius 1 is 1.33 bits per heavy atom. The van der Waals surface area contributed by atoms with Gasteiger partial charge in [0.15, 0.2) is 0 Å². The molecule has 118 valence electrons. The fraction of sp³-hybridized carbons (Fsp3) is 0.462. The molecule has 0 aliphatic rings. The molecule has 0 bridgehead atoms. The maximum absolute atomic E-state index is 12.2. The van der Waals surface area contributed by atoms with Gasteiger partial charge in [0.2, 0.25) is 10.0 Å². The fourth-order valence-corrected chi connectivity index (χ4v) is 2.87. The molecule has 0 aromatic heterocycles. The van der Waals surface area contributed by atoms with Gasteiger partial charge in [-0.25, -0.2) is 17.9 Å². The Kier molecular flexibility index (Phi) is 6.76. The summed E-state index contributed by atoms with van der Waals surface area (Å²) >= 11 is 0. The summed E-state index contributed by atoms with van der Waals surface area (Å²) in [6.07, 6.45) is -0.498. The van der Waals surface area contributed by atoms with Crippen molar-refractivity contribution in [3.8, 4) is 0 Å². The van der Waals surface area contributed by atoms with Crippen molar-refractivity contribution in [1.29, 1.82) is 0 Å². The zero-order valence-electron chi connectivity index (χ0n) is 12.0. The summed E-state index contributed by atoms with van der Waals surface area (Å²) in [5.41, 5.74) is -0.00978. The van der Waals surface area contributed by atoms with Crippen LogP contribution in [0.15, 0.2) is 29.2 Å². The Labute approximate surface area is 124 Å². The van der Waals surface area contributed by atoms with Gasteiger partial charge in [0, 0.05) is 19.6 Å². The lowest BCUT2D eigenvalue weighted by Gasteiger charge is -2.11. The van der Waals surface area contributed by atoms with E-state index in [1.165, 1.54) is 25.3 Å². The summed E-state index contributed by atoms with van der Waals surface area (Å²) in [5, 5.41) is 12.0. The van der Waals surface area contributed by atoms with Crippen LogP contribution in [0.4, 0.5) is 0 Å². The maximum atomic E-state index is 12.2. The summed E-state index contributed by atoms with van der Waals surface area (Å²) in [4.78, 5) is 11.5. The first-order valence-corrected chi connectivity index (χ1v) is 7.92. The Bertz CT molecular complexity index is 572. The number of hydrogen-bond donors (Lipinski definition) is 3. The molecule has 1 atom stereocenters. The van der Waals surface area contributed by atoms with Gasteiger partial charge in [0.25, 0.3) is 0 Å². The van der Waals surface area contributed by atoms with Crippen LogP contribution in [-0.2, 0) is 14.8 Å². The molecule has 0 saturated heterocycles. The molecule has 3 N–H and O–H groups in total. The van der Waals surface area contributed by atoms with Crippen molar-refractivity contribution in [3.05, 3.63) is 29.8 Å². The molecule has 1 rings (SSSR count). The molecule has 7 nitrogen and oxygen atoms in total. The Balaban J connectivity index is 2.73. The van der Waals surface area contributed by atoms with Gasteiger partial charge in [0.05, 0.1) is 23.7 Å². The molecule has 0 aliphatic heterocycles. The summed E-state index contributed by atoms with van der Waals surface area (Å²) < 4.78 is 31.3. The predicted molar refractivity (Wildman–Crippen MR) is 77.5 cm³/mol. The zero-order valence-corrected chi connectivity index (χ0v) is 12.8. The average Bonchev–Trinajstić information content (AvgIpc) is 2.45. The van der Waals surface area contributed by atoms with E-state index in [4.69, 9.17) is 5.11 Å². The highest BCUT2D eigenvalue weighted by atomic mass is 32.2. The number of carbonyl (C=O) groups is 1. The summed E-state index contributed by atoms with van der Waals surface area (Å²) in [5.74, 6) is -0.705. The molecular formula is C13H20N2O5S. The zero-order chi connectivity index (χ0) is 15.9. The number of aliphatic hydroxyl groups is 1. The monoisotopic (exact) mass is 316 g/mol. The second kappa shape index (κ2) is 8.08. The average molecular weight is 316 g/mol. The lowest BCUT2D eigenvalue weighted by atomic mass is 10.2. The molecule has 1 aromatic rings. The second-order valence-electron chi connectivity index (χ2n) is 4.44. The Morgan fingerprint density at radius 2 is 2.00 bits per heavy atom. The van der Waals surface area contributed by atoms with E-state index in [-0.39, 0.29) is 17.0 Å². The number of aliphatic hydroxyl groups excluding tert-OH is 1. The maximum Gasteiger partial charge on any atom is 0.339 e. The van der Waals surface area contributed by atoms with E-state index in [1.54, 1.807) is 13.0 Å². The number of ether oxygens (including phenoxy) is 1. The number of rotatable bonds is 8. The molecule has 0 saturated carbocycles. The normalized spacial score (nSPS) is 12.9. The van der Waals surface area contributed by atoms with Crippen molar-refractivity contribution in [3.63, 3.8) is 0 Å². The number of carbonyl (C=O) groups excluding carboxylic acids is 1. The predicted octanol–water partition coefficient (Wildman–Crippen LogP) is -0.278. The van der Waals surface area contributed by atoms with Crippen LogP contribution in [0.25, 0.3) is 0 Å². The first-order chi connectivity index (χ1) is 9.88. The van der Waals surface area contributed by atoms with Crippen molar-refractivity contribution >= 4 is 16.0 Å². The Morgan fingerprint density at radius 3 is 2.62 bits per heavy atom. The van der Waals surface area contributed by atoms with Gasteiger partial charge >= 0.3 is 5.97 Å². The highest BCUT2D eigenvalue weighted by Gasteiger charge is 2.21. The highest BCUT2D eigenvalue weighted by molar-refractivity contribution is 7.89. The Hall–Kier alpha value is -1.48. The van der Waals surface area contributed by atoms with Gasteiger partial charge in [-0.1, -0.05) is 12.1 Å². The van der Waals surface area contributed by atoms with Crippen molar-refractivity contribution in [1.82, 2.24) is 10.0 Å². The lowest BCUT2D eigenvalue weighted by molar-refractivity contribution is 0.0596. The standard InChI is InChI=1S/C13H20N2O5S/c1-10(16)9-14-7-8-15-21(18,19)12-6-4-3-5-11(12)13(17)20-2/h3-6,10,14-16H,7-9H2,1-2H3. The third-order valence-corrected chi connectivity index (χ3v) is 4.13. The lowest BCUT2D eigenvalue weighted by Crippen LogP contribution is -2.35. The van der Waals surface area contributed by atoms with Gasteiger partial charge in [-0.15, -0.1) is 0 Å². The van der Waals surface area contributed by atoms with Crippen LogP contribution in [-0.4, -0.2) is 52.3 Å². The quantitative estimate of drug-likeness (QED) is 0.450. The third-order valence-electron chi connectivity index (χ3n) is 2.62. The van der Waals surface area contributed by atoms with Gasteiger partial charge in [-0.05, 0) is 19.1 Å². The van der Waals surface area contributed by atoms with E-state index < -0.39 is 22.1 Å². The van der Waals surface area contributed by atoms with Crippen LogP contribution in [0.1, 0.15) is 17.3 Å². The van der Waals surface area contributed by atoms with E-state index in [0.717, 1.165) is 0 Å². The highest BCUT2D eigenvalue weighted by Crippen LogP contribution is 2.15. The smallest absolute Gasteiger partial charge is 0.339 e. The summed E-state index contributed by atoms with van der Waals surface area (Å²) in [6, 6.07) is 5.84. The largest absolute Gasteiger partial charge is 0.465 e. The second-order valence-corrected chi connectivity index (χ2v) is 6.17. The minimum atomic E-state index is -3.80. The molecule has 0 aliphatic carbocycles. The topological polar surface area (TPSA) is 105 Å². The van der Waals surface area contributed by atoms with Gasteiger partial charge in [-0.2, -0.15) is 0 Å². The van der Waals surface area contributed by atoms with Crippen molar-refractivity contribution in [2.24, 2.45) is 0 Å². The number of benzene rings is 1. The van der Waals surface area contributed by atoms with Crippen molar-refractivity contribution in [2.45, 2.75) is 17.9 Å². The molecular weight excluding hydrogens is 296 g/mol. The van der Waals surface area contributed by atoms with Gasteiger partial charge in [0.1, 0.15) is 0 Å². The molecule has 0 heterocycles. The molecule has 0 spiro atoms. The molecule has 0 amide bonds. The molecule has 21 heavy (non-hydrogen) atoms.